The van der Waals surface area contributed by atoms with Gasteiger partial charge in [0.05, 0.1) is 11.9 Å². The minimum absolute atomic E-state index is 0.504. The molecule has 0 aromatic carbocycles. The van der Waals surface area contributed by atoms with Gasteiger partial charge >= 0.3 is 0 Å². The second-order valence-electron chi connectivity index (χ2n) is 3.59. The lowest BCUT2D eigenvalue weighted by atomic mass is 10.2. The third-order valence-electron chi connectivity index (χ3n) is 1.68. The lowest BCUT2D eigenvalue weighted by Crippen LogP contribution is -2.36. The molecule has 0 radical (unpaired) electrons. The maximum absolute atomic E-state index is 5.34. The quantitative estimate of drug-likeness (QED) is 0.299. The third-order valence-corrected chi connectivity index (χ3v) is 1.68. The number of hydrazine groups is 1. The fourth-order valence-corrected chi connectivity index (χ4v) is 0.969. The first-order valence-corrected chi connectivity index (χ1v) is 4.90. The van der Waals surface area contributed by atoms with Crippen LogP contribution in [0.15, 0.2) is 29.5 Å². The summed E-state index contributed by atoms with van der Waals surface area (Å²) in [6, 6.07) is 3.74. The van der Waals surface area contributed by atoms with Crippen LogP contribution in [-0.4, -0.2) is 17.5 Å². The number of aromatic nitrogens is 1. The Morgan fingerprint density at radius 3 is 2.93 bits per heavy atom. The van der Waals surface area contributed by atoms with E-state index in [4.69, 9.17) is 5.84 Å². The van der Waals surface area contributed by atoms with Gasteiger partial charge in [0, 0.05) is 12.7 Å². The summed E-state index contributed by atoms with van der Waals surface area (Å²) < 4.78 is 0. The van der Waals surface area contributed by atoms with E-state index in [1.165, 1.54) is 0 Å². The first kappa shape index (κ1) is 11.5. The standard InChI is InChI=1S/C10H17N5/c1-8(2)6-13-10(15-11)14-9-4-3-5-12-7-9/h3-5,7-8H,6,11H2,1-2H3,(H2,13,14,15). The van der Waals surface area contributed by atoms with Crippen LogP contribution in [-0.2, 0) is 0 Å². The molecule has 1 rings (SSSR count). The number of pyridine rings is 1. The van der Waals surface area contributed by atoms with Crippen LogP contribution in [0.1, 0.15) is 13.8 Å². The van der Waals surface area contributed by atoms with E-state index in [0.29, 0.717) is 11.9 Å². The number of nitrogens with one attached hydrogen (secondary N) is 2. The van der Waals surface area contributed by atoms with E-state index in [0.717, 1.165) is 12.2 Å². The van der Waals surface area contributed by atoms with Gasteiger partial charge in [-0.3, -0.25) is 15.4 Å². The van der Waals surface area contributed by atoms with Crippen molar-refractivity contribution in [2.75, 3.05) is 11.9 Å². The van der Waals surface area contributed by atoms with Crippen molar-refractivity contribution in [1.82, 2.24) is 10.4 Å². The maximum Gasteiger partial charge on any atom is 0.210 e. The highest BCUT2D eigenvalue weighted by Crippen LogP contribution is 2.02. The first-order chi connectivity index (χ1) is 7.22. The largest absolute Gasteiger partial charge is 0.324 e. The summed E-state index contributed by atoms with van der Waals surface area (Å²) >= 11 is 0. The van der Waals surface area contributed by atoms with Crippen molar-refractivity contribution in [3.8, 4) is 0 Å². The predicted molar refractivity (Wildman–Crippen MR) is 62.3 cm³/mol. The van der Waals surface area contributed by atoms with Crippen LogP contribution >= 0.6 is 0 Å². The Morgan fingerprint density at radius 2 is 2.40 bits per heavy atom. The van der Waals surface area contributed by atoms with Gasteiger partial charge in [0.1, 0.15) is 0 Å². The minimum atomic E-state index is 0.504. The Bertz CT molecular complexity index is 307. The topological polar surface area (TPSA) is 75.3 Å². The molecule has 0 aliphatic rings. The minimum Gasteiger partial charge on any atom is -0.324 e. The van der Waals surface area contributed by atoms with Crippen LogP contribution in [0.2, 0.25) is 0 Å². The molecule has 0 amide bonds. The Labute approximate surface area is 89.8 Å². The average Bonchev–Trinajstić information content (AvgIpc) is 2.25. The highest BCUT2D eigenvalue weighted by atomic mass is 15.3. The molecule has 1 aromatic heterocycles. The molecule has 0 aliphatic carbocycles. The fraction of sp³-hybridized carbons (Fsp3) is 0.400. The molecule has 0 unspecified atom stereocenters. The number of nitrogens with zero attached hydrogens (tertiary/aromatic N) is 2. The normalized spacial score (nSPS) is 11.6. The molecular weight excluding hydrogens is 190 g/mol. The van der Waals surface area contributed by atoms with Crippen LogP contribution in [0.25, 0.3) is 0 Å². The predicted octanol–water partition coefficient (Wildman–Crippen LogP) is 0.969. The van der Waals surface area contributed by atoms with Gasteiger partial charge in [0.2, 0.25) is 5.96 Å². The lowest BCUT2D eigenvalue weighted by molar-refractivity contribution is 0.663. The molecular formula is C10H17N5. The van der Waals surface area contributed by atoms with Crippen molar-refractivity contribution in [3.63, 3.8) is 0 Å². The van der Waals surface area contributed by atoms with Crippen molar-refractivity contribution in [2.45, 2.75) is 13.8 Å². The molecule has 1 heterocycles. The van der Waals surface area contributed by atoms with E-state index in [1.54, 1.807) is 12.4 Å². The Kier molecular flexibility index (Phi) is 4.56. The molecule has 5 heteroatoms. The molecule has 0 fully saturated rings. The molecule has 1 aromatic rings. The Hall–Kier alpha value is -1.62. The molecule has 5 nitrogen and oxygen atoms in total. The monoisotopic (exact) mass is 207 g/mol. The van der Waals surface area contributed by atoms with Crippen molar-refractivity contribution in [1.29, 1.82) is 0 Å². The number of anilines is 1. The van der Waals surface area contributed by atoms with Crippen LogP contribution < -0.4 is 16.6 Å². The summed E-state index contributed by atoms with van der Waals surface area (Å²) in [5.41, 5.74) is 3.38. The second-order valence-corrected chi connectivity index (χ2v) is 3.59. The van der Waals surface area contributed by atoms with Crippen LogP contribution in [0.5, 0.6) is 0 Å². The summed E-state index contributed by atoms with van der Waals surface area (Å²) in [6.07, 6.45) is 3.42. The van der Waals surface area contributed by atoms with E-state index in [1.807, 2.05) is 12.1 Å². The molecule has 0 bridgehead atoms. The molecule has 0 saturated heterocycles. The number of rotatable bonds is 3. The number of guanidine groups is 1. The molecule has 0 spiro atoms. The van der Waals surface area contributed by atoms with Crippen molar-refractivity contribution >= 4 is 11.6 Å². The zero-order valence-corrected chi connectivity index (χ0v) is 9.07. The molecule has 0 saturated carbocycles. The molecule has 0 aliphatic heterocycles. The van der Waals surface area contributed by atoms with Crippen molar-refractivity contribution < 1.29 is 0 Å². The number of nitrogens with two attached hydrogens (primary N) is 1. The summed E-state index contributed by atoms with van der Waals surface area (Å²) in [5.74, 6) is 6.40. The summed E-state index contributed by atoms with van der Waals surface area (Å²) in [7, 11) is 0. The highest BCUT2D eigenvalue weighted by Gasteiger charge is 1.98. The zero-order chi connectivity index (χ0) is 11.1. The molecule has 15 heavy (non-hydrogen) atoms. The van der Waals surface area contributed by atoms with Gasteiger partial charge in [0.25, 0.3) is 0 Å². The van der Waals surface area contributed by atoms with Gasteiger partial charge in [-0.05, 0) is 18.1 Å². The van der Waals surface area contributed by atoms with E-state index in [2.05, 4.69) is 34.6 Å². The Morgan fingerprint density at radius 1 is 1.60 bits per heavy atom. The summed E-state index contributed by atoms with van der Waals surface area (Å²) in [4.78, 5) is 8.26. The second kappa shape index (κ2) is 5.98. The third kappa shape index (κ3) is 4.42. The molecule has 82 valence electrons. The fourth-order valence-electron chi connectivity index (χ4n) is 0.969. The smallest absolute Gasteiger partial charge is 0.210 e. The van der Waals surface area contributed by atoms with Gasteiger partial charge in [-0.15, -0.1) is 0 Å². The highest BCUT2D eigenvalue weighted by molar-refractivity contribution is 5.92. The summed E-state index contributed by atoms with van der Waals surface area (Å²) in [6.45, 7) is 4.93. The van der Waals surface area contributed by atoms with Gasteiger partial charge in [-0.1, -0.05) is 13.8 Å². The van der Waals surface area contributed by atoms with E-state index >= 15 is 0 Å². The number of hydrogen-bond acceptors (Lipinski definition) is 3. The lowest BCUT2D eigenvalue weighted by Gasteiger charge is -2.09. The molecule has 0 atom stereocenters. The SMILES string of the molecule is CC(C)CN=C(NN)Nc1cccnc1. The number of hydrogen-bond donors (Lipinski definition) is 3. The van der Waals surface area contributed by atoms with Crippen LogP contribution in [0.3, 0.4) is 0 Å². The number of aliphatic imine (C=N–C) groups is 1. The first-order valence-electron chi connectivity index (χ1n) is 4.90. The average molecular weight is 207 g/mol. The van der Waals surface area contributed by atoms with Gasteiger partial charge < -0.3 is 5.32 Å². The van der Waals surface area contributed by atoms with E-state index < -0.39 is 0 Å². The zero-order valence-electron chi connectivity index (χ0n) is 9.07. The maximum atomic E-state index is 5.34. The molecule has 4 N–H and O–H groups in total. The van der Waals surface area contributed by atoms with Gasteiger partial charge in [0.15, 0.2) is 0 Å². The van der Waals surface area contributed by atoms with Gasteiger partial charge in [-0.2, -0.15) is 0 Å². The van der Waals surface area contributed by atoms with E-state index in [-0.39, 0.29) is 0 Å². The van der Waals surface area contributed by atoms with Crippen LogP contribution in [0.4, 0.5) is 5.69 Å². The van der Waals surface area contributed by atoms with Gasteiger partial charge in [-0.25, -0.2) is 5.84 Å². The van der Waals surface area contributed by atoms with Crippen LogP contribution in [0, 0.1) is 5.92 Å². The van der Waals surface area contributed by atoms with Crippen molar-refractivity contribution in [3.05, 3.63) is 24.5 Å². The van der Waals surface area contributed by atoms with Crippen molar-refractivity contribution in [2.24, 2.45) is 16.8 Å². The summed E-state index contributed by atoms with van der Waals surface area (Å²) in [5, 5.41) is 3.04. The Balaban J connectivity index is 2.58. The van der Waals surface area contributed by atoms with E-state index in [9.17, 15) is 0 Å².